The van der Waals surface area contributed by atoms with Crippen molar-refractivity contribution in [2.75, 3.05) is 7.05 Å². The van der Waals surface area contributed by atoms with Crippen LogP contribution in [0.25, 0.3) is 0 Å². The van der Waals surface area contributed by atoms with Crippen LogP contribution < -0.4 is 0 Å². The normalized spacial score (nSPS) is 14.9. The predicted molar refractivity (Wildman–Crippen MR) is 43.9 cm³/mol. The maximum Gasteiger partial charge on any atom is 0.254 e. The molecule has 0 radical (unpaired) electrons. The summed E-state index contributed by atoms with van der Waals surface area (Å²) in [5, 5.41) is 9.07. The summed E-state index contributed by atoms with van der Waals surface area (Å²) in [4.78, 5) is 12.8. The minimum absolute atomic E-state index is 0.208. The van der Waals surface area contributed by atoms with E-state index < -0.39 is 5.82 Å². The Labute approximate surface area is 74.4 Å². The van der Waals surface area contributed by atoms with Gasteiger partial charge in [0.05, 0.1) is 5.56 Å². The molecule has 0 spiro atoms. The number of benzene rings is 1. The standard InChI is InChI=1S/C9H8FNO2/c1-11-4-7-6(9(11)13)2-5(12)3-8(7)10/h2-3,12H,4H2,1H3. The third-order valence-electron chi connectivity index (χ3n) is 2.15. The number of fused-ring (bicyclic) bond motifs is 1. The first-order chi connectivity index (χ1) is 6.09. The second-order valence-electron chi connectivity index (χ2n) is 3.11. The molecule has 0 bridgehead atoms. The lowest BCUT2D eigenvalue weighted by atomic mass is 10.1. The van der Waals surface area contributed by atoms with Crippen LogP contribution in [0.3, 0.4) is 0 Å². The van der Waals surface area contributed by atoms with Gasteiger partial charge in [-0.3, -0.25) is 4.79 Å². The number of hydrogen-bond acceptors (Lipinski definition) is 2. The molecule has 1 amide bonds. The van der Waals surface area contributed by atoms with Crippen LogP contribution in [0.5, 0.6) is 5.75 Å². The first kappa shape index (κ1) is 8.04. The molecule has 0 saturated carbocycles. The molecular weight excluding hydrogens is 173 g/mol. The van der Waals surface area contributed by atoms with Crippen molar-refractivity contribution in [2.45, 2.75) is 6.54 Å². The summed E-state index contributed by atoms with van der Waals surface area (Å²) in [5.41, 5.74) is 0.630. The minimum atomic E-state index is -0.521. The zero-order valence-electron chi connectivity index (χ0n) is 7.04. The molecule has 2 rings (SSSR count). The quantitative estimate of drug-likeness (QED) is 0.651. The zero-order chi connectivity index (χ0) is 9.59. The number of carbonyl (C=O) groups excluding carboxylic acids is 1. The highest BCUT2D eigenvalue weighted by Gasteiger charge is 2.27. The minimum Gasteiger partial charge on any atom is -0.508 e. The van der Waals surface area contributed by atoms with E-state index in [4.69, 9.17) is 5.11 Å². The summed E-state index contributed by atoms with van der Waals surface area (Å²) in [6.07, 6.45) is 0. The van der Waals surface area contributed by atoms with Crippen molar-refractivity contribution in [2.24, 2.45) is 0 Å². The van der Waals surface area contributed by atoms with Gasteiger partial charge in [0, 0.05) is 25.2 Å². The zero-order valence-corrected chi connectivity index (χ0v) is 7.04. The summed E-state index contributed by atoms with van der Waals surface area (Å²) in [7, 11) is 1.60. The maximum atomic E-state index is 13.2. The van der Waals surface area contributed by atoms with Crippen molar-refractivity contribution in [3.63, 3.8) is 0 Å². The van der Waals surface area contributed by atoms with E-state index in [1.54, 1.807) is 7.05 Å². The van der Waals surface area contributed by atoms with Gasteiger partial charge in [-0.05, 0) is 6.07 Å². The molecule has 1 aromatic rings. The van der Waals surface area contributed by atoms with Gasteiger partial charge in [0.25, 0.3) is 5.91 Å². The molecule has 0 fully saturated rings. The highest BCUT2D eigenvalue weighted by molar-refractivity contribution is 5.98. The van der Waals surface area contributed by atoms with Crippen LogP contribution in [-0.4, -0.2) is 23.0 Å². The third-order valence-corrected chi connectivity index (χ3v) is 2.15. The van der Waals surface area contributed by atoms with Crippen molar-refractivity contribution < 1.29 is 14.3 Å². The van der Waals surface area contributed by atoms with Gasteiger partial charge in [0.1, 0.15) is 11.6 Å². The Morgan fingerprint density at radius 1 is 1.54 bits per heavy atom. The van der Waals surface area contributed by atoms with Gasteiger partial charge in [0.15, 0.2) is 0 Å². The summed E-state index contributed by atoms with van der Waals surface area (Å²) >= 11 is 0. The summed E-state index contributed by atoms with van der Waals surface area (Å²) < 4.78 is 13.2. The average Bonchev–Trinajstić information content (AvgIpc) is 2.32. The van der Waals surface area contributed by atoms with E-state index in [2.05, 4.69) is 0 Å². The molecule has 3 nitrogen and oxygen atoms in total. The smallest absolute Gasteiger partial charge is 0.254 e. The molecule has 0 unspecified atom stereocenters. The van der Waals surface area contributed by atoms with E-state index in [9.17, 15) is 9.18 Å². The third kappa shape index (κ3) is 1.06. The average molecular weight is 181 g/mol. The van der Waals surface area contributed by atoms with Crippen LogP contribution >= 0.6 is 0 Å². The van der Waals surface area contributed by atoms with Gasteiger partial charge >= 0.3 is 0 Å². The van der Waals surface area contributed by atoms with Crippen LogP contribution in [-0.2, 0) is 6.54 Å². The Bertz CT molecular complexity index is 389. The van der Waals surface area contributed by atoms with Crippen LogP contribution in [0.1, 0.15) is 15.9 Å². The van der Waals surface area contributed by atoms with E-state index in [0.29, 0.717) is 5.56 Å². The Balaban J connectivity index is 2.64. The number of phenols is 1. The molecule has 1 N–H and O–H groups in total. The molecule has 0 aliphatic carbocycles. The van der Waals surface area contributed by atoms with E-state index in [1.165, 1.54) is 11.0 Å². The van der Waals surface area contributed by atoms with Crippen LogP contribution in [0.4, 0.5) is 4.39 Å². The van der Waals surface area contributed by atoms with E-state index in [1.807, 2.05) is 0 Å². The Morgan fingerprint density at radius 3 is 2.92 bits per heavy atom. The fourth-order valence-corrected chi connectivity index (χ4v) is 1.49. The fourth-order valence-electron chi connectivity index (χ4n) is 1.49. The number of phenolic OH excluding ortho intramolecular Hbond substituents is 1. The monoisotopic (exact) mass is 181 g/mol. The Kier molecular flexibility index (Phi) is 1.52. The largest absolute Gasteiger partial charge is 0.508 e. The van der Waals surface area contributed by atoms with Crippen LogP contribution in [0.15, 0.2) is 12.1 Å². The van der Waals surface area contributed by atoms with E-state index in [-0.39, 0.29) is 23.8 Å². The maximum absolute atomic E-state index is 13.2. The summed E-state index contributed by atoms with van der Waals surface area (Å²) in [5.74, 6) is -0.975. The second kappa shape index (κ2) is 2.45. The molecule has 0 saturated heterocycles. The number of hydrogen-bond donors (Lipinski definition) is 1. The van der Waals surface area contributed by atoms with Crippen molar-refractivity contribution in [3.05, 3.63) is 29.1 Å². The number of nitrogens with zero attached hydrogens (tertiary/aromatic N) is 1. The predicted octanol–water partition coefficient (Wildman–Crippen LogP) is 1.12. The number of carbonyl (C=O) groups is 1. The van der Waals surface area contributed by atoms with E-state index >= 15 is 0 Å². The van der Waals surface area contributed by atoms with E-state index in [0.717, 1.165) is 6.07 Å². The van der Waals surface area contributed by atoms with Crippen molar-refractivity contribution in [1.82, 2.24) is 4.90 Å². The van der Waals surface area contributed by atoms with Crippen LogP contribution in [0, 0.1) is 5.82 Å². The SMILES string of the molecule is CN1Cc2c(F)cc(O)cc2C1=O. The van der Waals surface area contributed by atoms with Gasteiger partial charge < -0.3 is 10.0 Å². The lowest BCUT2D eigenvalue weighted by Gasteiger charge is -2.04. The molecule has 68 valence electrons. The first-order valence-corrected chi connectivity index (χ1v) is 3.86. The molecule has 13 heavy (non-hydrogen) atoms. The first-order valence-electron chi connectivity index (χ1n) is 3.86. The van der Waals surface area contributed by atoms with Gasteiger partial charge in [-0.1, -0.05) is 0 Å². The van der Waals surface area contributed by atoms with Crippen LogP contribution in [0.2, 0.25) is 0 Å². The highest BCUT2D eigenvalue weighted by Crippen LogP contribution is 2.27. The number of halogens is 1. The molecule has 1 aliphatic heterocycles. The van der Waals surface area contributed by atoms with Gasteiger partial charge in [0.2, 0.25) is 0 Å². The Morgan fingerprint density at radius 2 is 2.23 bits per heavy atom. The molecular formula is C9H8FNO2. The van der Waals surface area contributed by atoms with Crippen molar-refractivity contribution >= 4 is 5.91 Å². The molecule has 0 aromatic heterocycles. The van der Waals surface area contributed by atoms with Gasteiger partial charge in [-0.2, -0.15) is 0 Å². The number of aromatic hydroxyl groups is 1. The topological polar surface area (TPSA) is 40.5 Å². The highest BCUT2D eigenvalue weighted by atomic mass is 19.1. The Hall–Kier alpha value is -1.58. The van der Waals surface area contributed by atoms with Gasteiger partial charge in [-0.15, -0.1) is 0 Å². The fraction of sp³-hybridized carbons (Fsp3) is 0.222. The molecule has 1 aliphatic rings. The van der Waals surface area contributed by atoms with Crippen molar-refractivity contribution in [1.29, 1.82) is 0 Å². The number of amides is 1. The molecule has 4 heteroatoms. The van der Waals surface area contributed by atoms with Crippen molar-refractivity contribution in [3.8, 4) is 5.75 Å². The summed E-state index contributed by atoms with van der Waals surface area (Å²) in [6.45, 7) is 0.278. The summed E-state index contributed by atoms with van der Waals surface area (Å²) in [6, 6.07) is 2.32. The second-order valence-corrected chi connectivity index (χ2v) is 3.11. The number of rotatable bonds is 0. The lowest BCUT2D eigenvalue weighted by molar-refractivity contribution is 0.0816. The lowest BCUT2D eigenvalue weighted by Crippen LogP contribution is -2.17. The molecule has 1 heterocycles. The van der Waals surface area contributed by atoms with Gasteiger partial charge in [-0.25, -0.2) is 4.39 Å². The molecule has 1 aromatic carbocycles. The molecule has 0 atom stereocenters.